The minimum Gasteiger partial charge on any atom is -0.394 e. The summed E-state index contributed by atoms with van der Waals surface area (Å²) in [5, 5.41) is 12.5. The van der Waals surface area contributed by atoms with E-state index in [9.17, 15) is 0 Å². The third kappa shape index (κ3) is 1.50. The lowest BCUT2D eigenvalue weighted by Gasteiger charge is -2.26. The van der Waals surface area contributed by atoms with Gasteiger partial charge >= 0.3 is 0 Å². The number of nitrogens with one attached hydrogen (secondary N) is 1. The van der Waals surface area contributed by atoms with Gasteiger partial charge in [0.1, 0.15) is 0 Å². The third-order valence-electron chi connectivity index (χ3n) is 2.36. The van der Waals surface area contributed by atoms with Crippen molar-refractivity contribution in [3.05, 3.63) is 0 Å². The summed E-state index contributed by atoms with van der Waals surface area (Å²) in [7, 11) is 0. The molecule has 1 aliphatic heterocycles. The Bertz CT molecular complexity index is 97.4. The first-order valence-electron chi connectivity index (χ1n) is 4.19. The summed E-state index contributed by atoms with van der Waals surface area (Å²) in [5.41, 5.74) is 0.0920. The van der Waals surface area contributed by atoms with Crippen molar-refractivity contribution >= 4 is 0 Å². The molecule has 1 saturated heterocycles. The second kappa shape index (κ2) is 3.35. The van der Waals surface area contributed by atoms with E-state index in [-0.39, 0.29) is 5.54 Å². The number of hydrogen-bond acceptors (Lipinski definition) is 2. The van der Waals surface area contributed by atoms with Gasteiger partial charge in [-0.3, -0.25) is 0 Å². The summed E-state index contributed by atoms with van der Waals surface area (Å²) in [4.78, 5) is 0. The summed E-state index contributed by atoms with van der Waals surface area (Å²) < 4.78 is 0. The normalized spacial score (nSPS) is 33.0. The summed E-state index contributed by atoms with van der Waals surface area (Å²) in [5.74, 6) is 0. The van der Waals surface area contributed by atoms with Crippen molar-refractivity contribution in [3.63, 3.8) is 0 Å². The summed E-state index contributed by atoms with van der Waals surface area (Å²) in [6, 6.07) is 0. The van der Waals surface area contributed by atoms with Gasteiger partial charge in [-0.15, -0.1) is 0 Å². The van der Waals surface area contributed by atoms with E-state index in [1.165, 1.54) is 6.42 Å². The van der Waals surface area contributed by atoms with Crippen LogP contribution in [0.15, 0.2) is 0 Å². The Kier molecular flexibility index (Phi) is 2.69. The van der Waals surface area contributed by atoms with Gasteiger partial charge in [-0.05, 0) is 25.8 Å². The van der Waals surface area contributed by atoms with E-state index < -0.39 is 0 Å². The first-order chi connectivity index (χ1) is 4.83. The lowest BCUT2D eigenvalue weighted by Crippen LogP contribution is -2.43. The Morgan fingerprint density at radius 3 is 2.80 bits per heavy atom. The van der Waals surface area contributed by atoms with Crippen LogP contribution in [-0.4, -0.2) is 23.8 Å². The molecule has 0 amide bonds. The van der Waals surface area contributed by atoms with Gasteiger partial charge in [0.25, 0.3) is 0 Å². The highest BCUT2D eigenvalue weighted by Gasteiger charge is 2.30. The molecular weight excluding hydrogens is 126 g/mol. The van der Waals surface area contributed by atoms with E-state index in [0.717, 1.165) is 25.8 Å². The minimum atomic E-state index is 0.0920. The van der Waals surface area contributed by atoms with Gasteiger partial charge in [0.05, 0.1) is 6.61 Å². The van der Waals surface area contributed by atoms with Crippen LogP contribution in [0.4, 0.5) is 0 Å². The number of aliphatic hydroxyl groups excluding tert-OH is 1. The fraction of sp³-hybridized carbons (Fsp3) is 1.00. The molecule has 0 unspecified atom stereocenters. The average Bonchev–Trinajstić information content (AvgIpc) is 2.39. The van der Waals surface area contributed by atoms with Crippen LogP contribution in [-0.2, 0) is 0 Å². The van der Waals surface area contributed by atoms with Crippen LogP contribution in [0, 0.1) is 0 Å². The lowest BCUT2D eigenvalue weighted by atomic mass is 9.93. The van der Waals surface area contributed by atoms with Crippen LogP contribution in [0.1, 0.15) is 32.6 Å². The maximum absolute atomic E-state index is 9.09. The molecule has 60 valence electrons. The van der Waals surface area contributed by atoms with Crippen molar-refractivity contribution in [2.24, 2.45) is 0 Å². The molecule has 2 nitrogen and oxygen atoms in total. The van der Waals surface area contributed by atoms with Crippen LogP contribution in [0.3, 0.4) is 0 Å². The Hall–Kier alpha value is -0.0800. The predicted octanol–water partition coefficient (Wildman–Crippen LogP) is 0.901. The summed E-state index contributed by atoms with van der Waals surface area (Å²) >= 11 is 0. The van der Waals surface area contributed by atoms with E-state index in [1.54, 1.807) is 0 Å². The van der Waals surface area contributed by atoms with Crippen molar-refractivity contribution < 1.29 is 5.11 Å². The minimum absolute atomic E-state index is 0.0920. The Labute approximate surface area is 62.6 Å². The van der Waals surface area contributed by atoms with Crippen LogP contribution >= 0.6 is 0 Å². The van der Waals surface area contributed by atoms with Crippen molar-refractivity contribution in [2.45, 2.75) is 38.1 Å². The van der Waals surface area contributed by atoms with Gasteiger partial charge in [-0.2, -0.15) is 0 Å². The van der Waals surface area contributed by atoms with Crippen molar-refractivity contribution in [3.8, 4) is 0 Å². The smallest absolute Gasteiger partial charge is 0.0613 e. The molecule has 0 aliphatic carbocycles. The first kappa shape index (κ1) is 8.02. The largest absolute Gasteiger partial charge is 0.394 e. The number of rotatable bonds is 3. The highest BCUT2D eigenvalue weighted by Crippen LogP contribution is 2.23. The zero-order valence-corrected chi connectivity index (χ0v) is 6.69. The van der Waals surface area contributed by atoms with Gasteiger partial charge in [-0.25, -0.2) is 0 Å². The summed E-state index contributed by atoms with van der Waals surface area (Å²) in [6.45, 7) is 3.55. The predicted molar refractivity (Wildman–Crippen MR) is 42.0 cm³/mol. The molecule has 0 spiro atoms. The molecule has 0 saturated carbocycles. The standard InChI is InChI=1S/C8H17NO/c1-2-4-8(7-10)5-3-6-9-8/h9-10H,2-7H2,1H3/t8-/m1/s1. The molecule has 1 aliphatic rings. The Morgan fingerprint density at radius 1 is 1.60 bits per heavy atom. The molecule has 1 fully saturated rings. The molecular formula is C8H17NO. The molecule has 0 bridgehead atoms. The monoisotopic (exact) mass is 143 g/mol. The molecule has 2 N–H and O–H groups in total. The van der Waals surface area contributed by atoms with Gasteiger partial charge in [0.2, 0.25) is 0 Å². The molecule has 2 heteroatoms. The van der Waals surface area contributed by atoms with Crippen molar-refractivity contribution in [2.75, 3.05) is 13.2 Å². The van der Waals surface area contributed by atoms with Crippen molar-refractivity contribution in [1.82, 2.24) is 5.32 Å². The Balaban J connectivity index is 2.41. The average molecular weight is 143 g/mol. The zero-order valence-electron chi connectivity index (χ0n) is 6.69. The second-order valence-electron chi connectivity index (χ2n) is 3.22. The van der Waals surface area contributed by atoms with Gasteiger partial charge in [-0.1, -0.05) is 13.3 Å². The van der Waals surface area contributed by atoms with Crippen LogP contribution in [0.2, 0.25) is 0 Å². The lowest BCUT2D eigenvalue weighted by molar-refractivity contribution is 0.168. The van der Waals surface area contributed by atoms with Crippen LogP contribution in [0.5, 0.6) is 0 Å². The molecule has 0 aromatic carbocycles. The number of aliphatic hydroxyl groups is 1. The third-order valence-corrected chi connectivity index (χ3v) is 2.36. The zero-order chi connectivity index (χ0) is 7.45. The second-order valence-corrected chi connectivity index (χ2v) is 3.22. The van der Waals surface area contributed by atoms with Gasteiger partial charge < -0.3 is 10.4 Å². The highest BCUT2D eigenvalue weighted by molar-refractivity contribution is 4.91. The maximum Gasteiger partial charge on any atom is 0.0613 e. The van der Waals surface area contributed by atoms with E-state index in [2.05, 4.69) is 12.2 Å². The molecule has 1 heterocycles. The van der Waals surface area contributed by atoms with Crippen molar-refractivity contribution in [1.29, 1.82) is 0 Å². The maximum atomic E-state index is 9.09. The molecule has 1 atom stereocenters. The highest BCUT2D eigenvalue weighted by atomic mass is 16.3. The number of hydrogen-bond donors (Lipinski definition) is 2. The molecule has 0 aromatic heterocycles. The molecule has 10 heavy (non-hydrogen) atoms. The van der Waals surface area contributed by atoms with Gasteiger partial charge in [0.15, 0.2) is 0 Å². The van der Waals surface area contributed by atoms with E-state index in [1.807, 2.05) is 0 Å². The quantitative estimate of drug-likeness (QED) is 0.615. The molecule has 1 rings (SSSR count). The van der Waals surface area contributed by atoms with E-state index in [0.29, 0.717) is 6.61 Å². The fourth-order valence-electron chi connectivity index (χ4n) is 1.77. The van der Waals surface area contributed by atoms with Crippen LogP contribution < -0.4 is 5.32 Å². The van der Waals surface area contributed by atoms with E-state index in [4.69, 9.17) is 5.11 Å². The first-order valence-corrected chi connectivity index (χ1v) is 4.19. The van der Waals surface area contributed by atoms with E-state index >= 15 is 0 Å². The van der Waals surface area contributed by atoms with Gasteiger partial charge in [0, 0.05) is 5.54 Å². The summed E-state index contributed by atoms with van der Waals surface area (Å²) in [6.07, 6.45) is 4.65. The Morgan fingerprint density at radius 2 is 2.40 bits per heavy atom. The molecule has 0 radical (unpaired) electrons. The fourth-order valence-corrected chi connectivity index (χ4v) is 1.77. The topological polar surface area (TPSA) is 32.3 Å². The molecule has 0 aromatic rings. The SMILES string of the molecule is CCC[C@]1(CO)CCCN1. The van der Waals surface area contributed by atoms with Crippen LogP contribution in [0.25, 0.3) is 0 Å².